The summed E-state index contributed by atoms with van der Waals surface area (Å²) in [7, 11) is 0. The molecule has 0 spiro atoms. The van der Waals surface area contributed by atoms with E-state index in [1.165, 1.54) is 23.5 Å². The predicted octanol–water partition coefficient (Wildman–Crippen LogP) is 4.35. The van der Waals surface area contributed by atoms with E-state index in [2.05, 4.69) is 10.3 Å². The van der Waals surface area contributed by atoms with Crippen molar-refractivity contribution in [3.8, 4) is 22.8 Å². The first-order valence-electron chi connectivity index (χ1n) is 7.62. The van der Waals surface area contributed by atoms with Crippen LogP contribution in [0.4, 0.5) is 10.8 Å². The molecule has 0 saturated heterocycles. The Balaban J connectivity index is 1.52. The van der Waals surface area contributed by atoms with Crippen molar-refractivity contribution in [1.82, 2.24) is 4.98 Å². The van der Waals surface area contributed by atoms with Gasteiger partial charge in [0.05, 0.1) is 21.2 Å². The summed E-state index contributed by atoms with van der Waals surface area (Å²) >= 11 is 7.23. The number of fused-ring (bicyclic) bond motifs is 1. The Hall–Kier alpha value is -3.17. The molecule has 136 valence electrons. The van der Waals surface area contributed by atoms with E-state index in [-0.39, 0.29) is 23.1 Å². The quantitative estimate of drug-likeness (QED) is 0.513. The number of amides is 1. The average Bonchev–Trinajstić information content (AvgIpc) is 3.29. The minimum atomic E-state index is -0.577. The third-order valence-corrected chi connectivity index (χ3v) is 4.87. The first-order valence-corrected chi connectivity index (χ1v) is 8.88. The van der Waals surface area contributed by atoms with Gasteiger partial charge in [0.25, 0.3) is 11.6 Å². The lowest BCUT2D eigenvalue weighted by molar-refractivity contribution is -0.384. The molecule has 0 atom stereocenters. The highest BCUT2D eigenvalue weighted by Crippen LogP contribution is 2.36. The number of ether oxygens (including phenoxy) is 2. The van der Waals surface area contributed by atoms with Crippen molar-refractivity contribution in [1.29, 1.82) is 0 Å². The van der Waals surface area contributed by atoms with Crippen LogP contribution in [0.15, 0.2) is 41.8 Å². The number of carbonyl (C=O) groups excluding carboxylic acids is 1. The van der Waals surface area contributed by atoms with Gasteiger partial charge in [-0.05, 0) is 24.3 Å². The molecule has 1 amide bonds. The normalized spacial score (nSPS) is 12.0. The molecule has 8 nitrogen and oxygen atoms in total. The van der Waals surface area contributed by atoms with E-state index in [4.69, 9.17) is 21.1 Å². The smallest absolute Gasteiger partial charge is 0.270 e. The second-order valence-electron chi connectivity index (χ2n) is 5.48. The Morgan fingerprint density at radius 3 is 2.81 bits per heavy atom. The maximum Gasteiger partial charge on any atom is 0.270 e. The molecular weight excluding hydrogens is 394 g/mol. The largest absolute Gasteiger partial charge is 0.454 e. The van der Waals surface area contributed by atoms with Crippen LogP contribution < -0.4 is 14.8 Å². The molecule has 2 heterocycles. The molecular formula is C17H10ClN3O5S. The zero-order valence-electron chi connectivity index (χ0n) is 13.5. The lowest BCUT2D eigenvalue weighted by atomic mass is 10.1. The van der Waals surface area contributed by atoms with Gasteiger partial charge >= 0.3 is 0 Å². The Morgan fingerprint density at radius 1 is 1.22 bits per heavy atom. The van der Waals surface area contributed by atoms with E-state index in [9.17, 15) is 14.9 Å². The number of carbonyl (C=O) groups is 1. The second-order valence-corrected chi connectivity index (χ2v) is 6.75. The number of benzene rings is 2. The molecule has 0 bridgehead atoms. The molecule has 1 aromatic heterocycles. The van der Waals surface area contributed by atoms with Crippen molar-refractivity contribution in [3.63, 3.8) is 0 Å². The first kappa shape index (κ1) is 17.3. The summed E-state index contributed by atoms with van der Waals surface area (Å²) in [6, 6.07) is 9.13. The average molecular weight is 404 g/mol. The minimum Gasteiger partial charge on any atom is -0.454 e. The van der Waals surface area contributed by atoms with Crippen molar-refractivity contribution >= 4 is 39.7 Å². The van der Waals surface area contributed by atoms with Crippen molar-refractivity contribution in [2.24, 2.45) is 0 Å². The predicted molar refractivity (Wildman–Crippen MR) is 99.7 cm³/mol. The first-order chi connectivity index (χ1) is 13.0. The number of nitro benzene ring substituents is 1. The molecule has 10 heteroatoms. The second kappa shape index (κ2) is 6.86. The third kappa shape index (κ3) is 3.42. The highest BCUT2D eigenvalue weighted by atomic mass is 35.5. The Kier molecular flexibility index (Phi) is 4.38. The number of aromatic nitrogens is 1. The molecule has 0 unspecified atom stereocenters. The molecule has 0 radical (unpaired) electrons. The van der Waals surface area contributed by atoms with Crippen molar-refractivity contribution in [3.05, 3.63) is 62.5 Å². The number of rotatable bonds is 4. The van der Waals surface area contributed by atoms with E-state index < -0.39 is 10.8 Å². The summed E-state index contributed by atoms with van der Waals surface area (Å²) in [6.45, 7) is 0.188. The number of non-ortho nitro benzene ring substituents is 1. The summed E-state index contributed by atoms with van der Waals surface area (Å²) in [5, 5.41) is 15.6. The molecule has 4 rings (SSSR count). The number of nitro groups is 1. The minimum absolute atomic E-state index is 0.00532. The highest BCUT2D eigenvalue weighted by molar-refractivity contribution is 7.14. The lowest BCUT2D eigenvalue weighted by Crippen LogP contribution is -2.12. The maximum atomic E-state index is 12.4. The van der Waals surface area contributed by atoms with Gasteiger partial charge in [-0.3, -0.25) is 20.2 Å². The summed E-state index contributed by atoms with van der Waals surface area (Å²) in [5.74, 6) is 0.820. The van der Waals surface area contributed by atoms with Crippen molar-refractivity contribution in [2.45, 2.75) is 0 Å². The molecule has 1 aliphatic rings. The Bertz CT molecular complexity index is 1070. The highest BCUT2D eigenvalue weighted by Gasteiger charge is 2.18. The third-order valence-electron chi connectivity index (χ3n) is 3.80. The van der Waals surface area contributed by atoms with Crippen LogP contribution in [-0.4, -0.2) is 22.6 Å². The molecule has 0 saturated carbocycles. The van der Waals surface area contributed by atoms with E-state index in [1.807, 2.05) is 12.1 Å². The summed E-state index contributed by atoms with van der Waals surface area (Å²) < 4.78 is 10.6. The van der Waals surface area contributed by atoms with E-state index >= 15 is 0 Å². The van der Waals surface area contributed by atoms with Crippen LogP contribution in [0.3, 0.4) is 0 Å². The van der Waals surface area contributed by atoms with Crippen LogP contribution in [0.1, 0.15) is 10.4 Å². The molecule has 1 aliphatic heterocycles. The molecule has 0 fully saturated rings. The molecule has 27 heavy (non-hydrogen) atoms. The van der Waals surface area contributed by atoms with Gasteiger partial charge in [0.1, 0.15) is 0 Å². The van der Waals surface area contributed by atoms with Gasteiger partial charge in [0.15, 0.2) is 16.6 Å². The number of thiazole rings is 1. The van der Waals surface area contributed by atoms with Crippen molar-refractivity contribution < 1.29 is 19.2 Å². The number of halogens is 1. The molecule has 1 N–H and O–H groups in total. The van der Waals surface area contributed by atoms with Crippen LogP contribution in [0.5, 0.6) is 11.5 Å². The number of nitrogens with zero attached hydrogens (tertiary/aromatic N) is 2. The zero-order chi connectivity index (χ0) is 19.0. The number of hydrogen-bond acceptors (Lipinski definition) is 7. The van der Waals surface area contributed by atoms with Gasteiger partial charge in [-0.2, -0.15) is 0 Å². The molecule has 3 aromatic rings. The van der Waals surface area contributed by atoms with Gasteiger partial charge < -0.3 is 9.47 Å². The van der Waals surface area contributed by atoms with Gasteiger partial charge in [-0.1, -0.05) is 11.6 Å². The van der Waals surface area contributed by atoms with E-state index in [0.29, 0.717) is 22.3 Å². The summed E-state index contributed by atoms with van der Waals surface area (Å²) in [6.07, 6.45) is 0. The fourth-order valence-corrected chi connectivity index (χ4v) is 3.46. The maximum absolute atomic E-state index is 12.4. The van der Waals surface area contributed by atoms with Crippen molar-refractivity contribution in [2.75, 3.05) is 12.1 Å². The zero-order valence-corrected chi connectivity index (χ0v) is 15.0. The SMILES string of the molecule is O=C(Nc1nc(-c2ccc3c(c2)OCO3)cs1)c1ccc([N+](=O)[O-])cc1Cl. The topological polar surface area (TPSA) is 104 Å². The summed E-state index contributed by atoms with van der Waals surface area (Å²) in [4.78, 5) is 26.9. The van der Waals surface area contributed by atoms with Crippen LogP contribution in [-0.2, 0) is 0 Å². The fraction of sp³-hybridized carbons (Fsp3) is 0.0588. The number of anilines is 1. The number of nitrogens with one attached hydrogen (secondary N) is 1. The number of hydrogen-bond donors (Lipinski definition) is 1. The molecule has 0 aliphatic carbocycles. The van der Waals surface area contributed by atoms with Gasteiger partial charge in [-0.15, -0.1) is 11.3 Å². The Labute approximate surface area is 161 Å². The van der Waals surface area contributed by atoms with E-state index in [0.717, 1.165) is 11.6 Å². The Morgan fingerprint density at radius 2 is 2.04 bits per heavy atom. The van der Waals surface area contributed by atoms with Crippen LogP contribution in [0.2, 0.25) is 5.02 Å². The lowest BCUT2D eigenvalue weighted by Gasteiger charge is -2.04. The van der Waals surface area contributed by atoms with Crippen LogP contribution in [0.25, 0.3) is 11.3 Å². The van der Waals surface area contributed by atoms with Crippen LogP contribution in [0, 0.1) is 10.1 Å². The summed E-state index contributed by atoms with van der Waals surface area (Å²) in [5.41, 5.74) is 1.44. The van der Waals surface area contributed by atoms with E-state index in [1.54, 1.807) is 11.4 Å². The standard InChI is InChI=1S/C17H10ClN3O5S/c18-12-6-10(21(23)24)2-3-11(12)16(22)20-17-19-13(7-27-17)9-1-4-14-15(5-9)26-8-25-14/h1-7H,8H2,(H,19,20,22). The van der Waals surface area contributed by atoms with Gasteiger partial charge in [0, 0.05) is 23.1 Å². The van der Waals surface area contributed by atoms with Gasteiger partial charge in [0.2, 0.25) is 6.79 Å². The monoisotopic (exact) mass is 403 g/mol. The fourth-order valence-electron chi connectivity index (χ4n) is 2.49. The molecule has 2 aromatic carbocycles. The van der Waals surface area contributed by atoms with Gasteiger partial charge in [-0.25, -0.2) is 4.98 Å². The van der Waals surface area contributed by atoms with Crippen LogP contribution >= 0.6 is 22.9 Å².